The monoisotopic (exact) mass is 438 g/mol. The van der Waals surface area contributed by atoms with Gasteiger partial charge in [0.05, 0.1) is 30.6 Å². The number of fused-ring (bicyclic) bond motifs is 1. The second kappa shape index (κ2) is 9.19. The van der Waals surface area contributed by atoms with E-state index in [9.17, 15) is 5.11 Å². The molecule has 3 heterocycles. The number of aromatic nitrogens is 5. The topological polar surface area (TPSA) is 89.5 Å². The Morgan fingerprint density at radius 2 is 2.00 bits per heavy atom. The van der Waals surface area contributed by atoms with Crippen LogP contribution in [0, 0.1) is 5.92 Å². The number of rotatable bonds is 8. The molecule has 2 fully saturated rings. The lowest BCUT2D eigenvalue weighted by Crippen LogP contribution is -2.23. The summed E-state index contributed by atoms with van der Waals surface area (Å²) >= 11 is 0. The van der Waals surface area contributed by atoms with E-state index in [4.69, 9.17) is 9.84 Å². The molecule has 2 aliphatic rings. The van der Waals surface area contributed by atoms with E-state index < -0.39 is 0 Å². The molecule has 3 aromatic heterocycles. The van der Waals surface area contributed by atoms with Gasteiger partial charge < -0.3 is 15.2 Å². The van der Waals surface area contributed by atoms with E-state index in [-0.39, 0.29) is 12.1 Å². The largest absolute Gasteiger partial charge is 0.393 e. The van der Waals surface area contributed by atoms with Crippen LogP contribution in [0.2, 0.25) is 0 Å². The molecule has 0 bridgehead atoms. The lowest BCUT2D eigenvalue weighted by Gasteiger charge is -2.25. The van der Waals surface area contributed by atoms with Gasteiger partial charge in [-0.3, -0.25) is 4.68 Å². The smallest absolute Gasteiger partial charge is 0.241 e. The molecule has 2 saturated carbocycles. The zero-order valence-electron chi connectivity index (χ0n) is 19.1. The molecular weight excluding hydrogens is 404 g/mol. The van der Waals surface area contributed by atoms with Crippen LogP contribution < -0.4 is 5.32 Å². The Morgan fingerprint density at radius 1 is 1.19 bits per heavy atom. The Hall–Kier alpha value is -2.45. The molecule has 5 rings (SSSR count). The standard InChI is InChI=1S/C24H34N6O2/c1-16(15-32-2)27-24-25-12-23-21(19-11-26-29(14-19)13-17-4-3-5-17)10-22(30(23)28-24)18-6-8-20(31)9-7-18/h10-12,14,16-18,20,31H,3-9,13,15H2,1-2H3,(H,27,28)/t16-,18?,20?/m0/s1. The van der Waals surface area contributed by atoms with E-state index in [1.54, 1.807) is 7.11 Å². The number of anilines is 1. The van der Waals surface area contributed by atoms with Gasteiger partial charge in [0, 0.05) is 48.6 Å². The first-order valence-corrected chi connectivity index (χ1v) is 12.0. The normalized spacial score (nSPS) is 22.7. The lowest BCUT2D eigenvalue weighted by molar-refractivity contribution is 0.121. The first-order valence-electron chi connectivity index (χ1n) is 12.0. The zero-order chi connectivity index (χ0) is 22.1. The lowest BCUT2D eigenvalue weighted by atomic mass is 9.85. The van der Waals surface area contributed by atoms with Gasteiger partial charge in [-0.25, -0.2) is 9.50 Å². The van der Waals surface area contributed by atoms with Crippen LogP contribution in [0.15, 0.2) is 24.7 Å². The molecule has 0 unspecified atom stereocenters. The van der Waals surface area contributed by atoms with Gasteiger partial charge in [-0.1, -0.05) is 6.42 Å². The van der Waals surface area contributed by atoms with Gasteiger partial charge in [-0.2, -0.15) is 5.10 Å². The molecule has 1 atom stereocenters. The van der Waals surface area contributed by atoms with Crippen LogP contribution in [0.25, 0.3) is 16.6 Å². The Labute approximate surface area is 189 Å². The number of nitrogens with zero attached hydrogens (tertiary/aromatic N) is 5. The summed E-state index contributed by atoms with van der Waals surface area (Å²) in [6.07, 6.45) is 13.5. The molecule has 32 heavy (non-hydrogen) atoms. The fraction of sp³-hybridized carbons (Fsp3) is 0.625. The number of hydrogen-bond donors (Lipinski definition) is 2. The van der Waals surface area contributed by atoms with Crippen LogP contribution in [0.4, 0.5) is 5.95 Å². The average molecular weight is 439 g/mol. The van der Waals surface area contributed by atoms with Crippen LogP contribution in [0.1, 0.15) is 63.5 Å². The highest BCUT2D eigenvalue weighted by Gasteiger charge is 2.26. The summed E-state index contributed by atoms with van der Waals surface area (Å²) in [5.74, 6) is 1.75. The summed E-state index contributed by atoms with van der Waals surface area (Å²) in [5.41, 5.74) is 4.43. The third-order valence-electron chi connectivity index (χ3n) is 7.07. The Kier molecular flexibility index (Phi) is 6.15. The predicted molar refractivity (Wildman–Crippen MR) is 124 cm³/mol. The van der Waals surface area contributed by atoms with Crippen molar-refractivity contribution in [3.63, 3.8) is 0 Å². The number of methoxy groups -OCH3 is 1. The first kappa shape index (κ1) is 21.4. The number of ether oxygens (including phenoxy) is 1. The highest BCUT2D eigenvalue weighted by Crippen LogP contribution is 2.37. The molecule has 2 N–H and O–H groups in total. The first-order chi connectivity index (χ1) is 15.6. The van der Waals surface area contributed by atoms with Gasteiger partial charge in [0.25, 0.3) is 0 Å². The summed E-state index contributed by atoms with van der Waals surface area (Å²) < 4.78 is 9.38. The predicted octanol–water partition coefficient (Wildman–Crippen LogP) is 3.86. The summed E-state index contributed by atoms with van der Waals surface area (Å²) in [6, 6.07) is 2.38. The molecule has 0 amide bonds. The van der Waals surface area contributed by atoms with E-state index in [2.05, 4.69) is 43.8 Å². The fourth-order valence-corrected chi connectivity index (χ4v) is 5.03. The Bertz CT molecular complexity index is 1050. The van der Waals surface area contributed by atoms with Crippen molar-refractivity contribution in [3.05, 3.63) is 30.4 Å². The maximum atomic E-state index is 10.00. The molecule has 8 nitrogen and oxygen atoms in total. The molecular formula is C24H34N6O2. The number of hydrogen-bond acceptors (Lipinski definition) is 6. The highest BCUT2D eigenvalue weighted by atomic mass is 16.5. The van der Waals surface area contributed by atoms with Crippen LogP contribution in [-0.4, -0.2) is 55.3 Å². The Morgan fingerprint density at radius 3 is 2.72 bits per heavy atom. The highest BCUT2D eigenvalue weighted by molar-refractivity contribution is 5.81. The van der Waals surface area contributed by atoms with Crippen LogP contribution in [0.3, 0.4) is 0 Å². The van der Waals surface area contributed by atoms with Crippen molar-refractivity contribution in [3.8, 4) is 11.1 Å². The van der Waals surface area contributed by atoms with Gasteiger partial charge >= 0.3 is 0 Å². The molecule has 3 aromatic rings. The van der Waals surface area contributed by atoms with Crippen molar-refractivity contribution in [1.29, 1.82) is 0 Å². The van der Waals surface area contributed by atoms with Crippen molar-refractivity contribution in [2.24, 2.45) is 5.92 Å². The average Bonchev–Trinajstić information content (AvgIpc) is 3.36. The third kappa shape index (κ3) is 4.38. The van der Waals surface area contributed by atoms with Gasteiger partial charge in [0.1, 0.15) is 0 Å². The van der Waals surface area contributed by atoms with Crippen molar-refractivity contribution in [2.45, 2.75) is 76.5 Å². The maximum Gasteiger partial charge on any atom is 0.241 e. The summed E-state index contributed by atoms with van der Waals surface area (Å²) in [6.45, 7) is 3.64. The number of aliphatic hydroxyl groups is 1. The van der Waals surface area contributed by atoms with Crippen molar-refractivity contribution in [2.75, 3.05) is 19.0 Å². The van der Waals surface area contributed by atoms with Crippen molar-refractivity contribution >= 4 is 11.5 Å². The van der Waals surface area contributed by atoms with E-state index in [1.165, 1.54) is 25.0 Å². The fourth-order valence-electron chi connectivity index (χ4n) is 5.03. The molecule has 0 aliphatic heterocycles. The van der Waals surface area contributed by atoms with Crippen molar-refractivity contribution in [1.82, 2.24) is 24.4 Å². The van der Waals surface area contributed by atoms with E-state index in [1.807, 2.05) is 12.4 Å². The minimum Gasteiger partial charge on any atom is -0.393 e. The van der Waals surface area contributed by atoms with E-state index >= 15 is 0 Å². The molecule has 8 heteroatoms. The minimum absolute atomic E-state index is 0.116. The maximum absolute atomic E-state index is 10.00. The SMILES string of the molecule is COC[C@H](C)Nc1ncc2c(-c3cnn(CC4CCC4)c3)cc(C3CCC(O)CC3)n2n1. The second-order valence-corrected chi connectivity index (χ2v) is 9.62. The third-order valence-corrected chi connectivity index (χ3v) is 7.07. The molecule has 0 radical (unpaired) electrons. The summed E-state index contributed by atoms with van der Waals surface area (Å²) in [4.78, 5) is 4.60. The summed E-state index contributed by atoms with van der Waals surface area (Å²) in [7, 11) is 1.70. The summed E-state index contributed by atoms with van der Waals surface area (Å²) in [5, 5.41) is 22.8. The van der Waals surface area contributed by atoms with Gasteiger partial charge in [-0.15, -0.1) is 5.10 Å². The van der Waals surface area contributed by atoms with Gasteiger partial charge in [0.2, 0.25) is 5.95 Å². The quantitative estimate of drug-likeness (QED) is 0.555. The van der Waals surface area contributed by atoms with E-state index in [0.29, 0.717) is 18.5 Å². The van der Waals surface area contributed by atoms with E-state index in [0.717, 1.165) is 54.8 Å². The van der Waals surface area contributed by atoms with Gasteiger partial charge in [0.15, 0.2) is 0 Å². The molecule has 0 aromatic carbocycles. The molecule has 0 spiro atoms. The minimum atomic E-state index is -0.177. The zero-order valence-corrected chi connectivity index (χ0v) is 19.1. The Balaban J connectivity index is 1.49. The number of nitrogens with one attached hydrogen (secondary N) is 1. The number of aliphatic hydroxyl groups excluding tert-OH is 1. The van der Waals surface area contributed by atoms with Crippen molar-refractivity contribution < 1.29 is 9.84 Å². The molecule has 172 valence electrons. The van der Waals surface area contributed by atoms with Crippen LogP contribution >= 0.6 is 0 Å². The van der Waals surface area contributed by atoms with Crippen LogP contribution in [0.5, 0.6) is 0 Å². The molecule has 2 aliphatic carbocycles. The van der Waals surface area contributed by atoms with Crippen LogP contribution in [-0.2, 0) is 11.3 Å². The second-order valence-electron chi connectivity index (χ2n) is 9.62. The van der Waals surface area contributed by atoms with Gasteiger partial charge in [-0.05, 0) is 57.4 Å². The molecule has 0 saturated heterocycles.